The minimum absolute atomic E-state index is 0.0392. The van der Waals surface area contributed by atoms with Crippen molar-refractivity contribution in [3.05, 3.63) is 75.8 Å². The van der Waals surface area contributed by atoms with Gasteiger partial charge in [-0.15, -0.1) is 0 Å². The second-order valence-corrected chi connectivity index (χ2v) is 6.90. The summed E-state index contributed by atoms with van der Waals surface area (Å²) in [6.45, 7) is 5.25. The topological polar surface area (TPSA) is 58.9 Å². The van der Waals surface area contributed by atoms with Crippen molar-refractivity contribution < 1.29 is 4.74 Å². The van der Waals surface area contributed by atoms with Gasteiger partial charge in [0.15, 0.2) is 0 Å². The van der Waals surface area contributed by atoms with Gasteiger partial charge in [0.25, 0.3) is 5.56 Å². The first-order valence-corrected chi connectivity index (χ1v) is 9.23. The maximum Gasteiger partial charge on any atom is 0.258 e. The van der Waals surface area contributed by atoms with E-state index in [0.29, 0.717) is 6.54 Å². The summed E-state index contributed by atoms with van der Waals surface area (Å²) in [6.07, 6.45) is 1.77. The molecule has 1 unspecified atom stereocenters. The molecule has 4 rings (SSSR count). The number of aromatic nitrogens is 2. The second kappa shape index (κ2) is 7.50. The number of hydrogen-bond acceptors (Lipinski definition) is 5. The van der Waals surface area contributed by atoms with Gasteiger partial charge >= 0.3 is 0 Å². The lowest BCUT2D eigenvalue weighted by Crippen LogP contribution is -2.45. The highest BCUT2D eigenvalue weighted by atomic mass is 16.5. The molecule has 0 amide bonds. The third kappa shape index (κ3) is 3.46. The highest BCUT2D eigenvalue weighted by molar-refractivity contribution is 5.46. The molecule has 0 saturated carbocycles. The van der Waals surface area contributed by atoms with Gasteiger partial charge in [-0.3, -0.25) is 14.1 Å². The Morgan fingerprint density at radius 2 is 2.11 bits per heavy atom. The smallest absolute Gasteiger partial charge is 0.258 e. The summed E-state index contributed by atoms with van der Waals surface area (Å²) in [5.74, 6) is 0.888. The molecule has 0 radical (unpaired) electrons. The Kier molecular flexibility index (Phi) is 4.92. The zero-order valence-electron chi connectivity index (χ0n) is 15.7. The van der Waals surface area contributed by atoms with E-state index in [0.717, 1.165) is 47.9 Å². The Morgan fingerprint density at radius 1 is 1.26 bits per heavy atom. The quantitative estimate of drug-likeness (QED) is 0.769. The maximum atomic E-state index is 12.5. The van der Waals surface area contributed by atoms with E-state index in [1.54, 1.807) is 23.8 Å². The lowest BCUT2D eigenvalue weighted by molar-refractivity contribution is 0.149. The van der Waals surface area contributed by atoms with Crippen molar-refractivity contribution in [3.8, 4) is 5.75 Å². The van der Waals surface area contributed by atoms with E-state index in [1.165, 1.54) is 0 Å². The number of para-hydroxylation sites is 1. The number of nitrogens with one attached hydrogen (secondary N) is 1. The van der Waals surface area contributed by atoms with Crippen LogP contribution in [0, 0.1) is 6.92 Å². The summed E-state index contributed by atoms with van der Waals surface area (Å²) >= 11 is 0. The molecule has 1 atom stereocenters. The fourth-order valence-corrected chi connectivity index (χ4v) is 3.78. The van der Waals surface area contributed by atoms with Crippen LogP contribution < -0.4 is 15.6 Å². The Morgan fingerprint density at radius 3 is 2.96 bits per heavy atom. The number of aryl methyl sites for hydroxylation is 1. The zero-order valence-corrected chi connectivity index (χ0v) is 15.7. The number of benzene rings is 1. The molecule has 1 aliphatic heterocycles. The van der Waals surface area contributed by atoms with Crippen molar-refractivity contribution in [1.82, 2.24) is 19.6 Å². The Balaban J connectivity index is 1.69. The van der Waals surface area contributed by atoms with Gasteiger partial charge in [0.05, 0.1) is 18.8 Å². The highest BCUT2D eigenvalue weighted by Gasteiger charge is 2.26. The molecule has 1 saturated heterocycles. The largest absolute Gasteiger partial charge is 0.496 e. The molecule has 1 fully saturated rings. The number of fused-ring (bicyclic) bond motifs is 1. The van der Waals surface area contributed by atoms with Crippen LogP contribution >= 0.6 is 0 Å². The molecular formula is C21H24N4O2. The van der Waals surface area contributed by atoms with E-state index < -0.39 is 0 Å². The Bertz CT molecular complexity index is 1010. The Labute approximate surface area is 158 Å². The predicted molar refractivity (Wildman–Crippen MR) is 105 cm³/mol. The molecule has 0 bridgehead atoms. The Hall–Kier alpha value is -2.70. The molecule has 6 heteroatoms. The molecule has 0 spiro atoms. The van der Waals surface area contributed by atoms with Crippen molar-refractivity contribution in [2.75, 3.05) is 26.7 Å². The normalized spacial score (nSPS) is 17.9. The third-order valence-corrected chi connectivity index (χ3v) is 5.16. The van der Waals surface area contributed by atoms with E-state index in [9.17, 15) is 4.79 Å². The van der Waals surface area contributed by atoms with Gasteiger partial charge in [-0.1, -0.05) is 24.3 Å². The summed E-state index contributed by atoms with van der Waals surface area (Å²) in [5.41, 5.74) is 3.64. The molecular weight excluding hydrogens is 340 g/mol. The van der Waals surface area contributed by atoms with Gasteiger partial charge in [-0.2, -0.15) is 0 Å². The molecule has 3 heterocycles. The fraction of sp³-hybridized carbons (Fsp3) is 0.333. The van der Waals surface area contributed by atoms with E-state index >= 15 is 0 Å². The van der Waals surface area contributed by atoms with Crippen LogP contribution in [0.2, 0.25) is 0 Å². The summed E-state index contributed by atoms with van der Waals surface area (Å²) in [6, 6.07) is 13.8. The van der Waals surface area contributed by atoms with Crippen LogP contribution in [-0.2, 0) is 6.54 Å². The van der Waals surface area contributed by atoms with Crippen LogP contribution in [0.4, 0.5) is 0 Å². The zero-order chi connectivity index (χ0) is 18.8. The molecule has 1 aromatic carbocycles. The lowest BCUT2D eigenvalue weighted by atomic mass is 10.0. The lowest BCUT2D eigenvalue weighted by Gasteiger charge is -2.36. The van der Waals surface area contributed by atoms with Gasteiger partial charge in [0, 0.05) is 44.0 Å². The average molecular weight is 364 g/mol. The first-order valence-electron chi connectivity index (χ1n) is 9.23. The summed E-state index contributed by atoms with van der Waals surface area (Å²) in [7, 11) is 1.70. The van der Waals surface area contributed by atoms with Gasteiger partial charge in [0.1, 0.15) is 11.4 Å². The minimum Gasteiger partial charge on any atom is -0.496 e. The van der Waals surface area contributed by atoms with E-state index in [-0.39, 0.29) is 11.6 Å². The minimum atomic E-state index is -0.0392. The van der Waals surface area contributed by atoms with Crippen LogP contribution in [-0.4, -0.2) is 41.0 Å². The summed E-state index contributed by atoms with van der Waals surface area (Å²) in [5, 5.41) is 3.47. The number of methoxy groups -OCH3 is 1. The van der Waals surface area contributed by atoms with Crippen molar-refractivity contribution in [2.45, 2.75) is 19.5 Å². The standard InChI is InChI=1S/C21H24N4O2/c1-15-6-5-10-25-20(26)12-16(23-21(15)25)14-24-11-9-22-13-18(24)17-7-3-4-8-19(17)27-2/h3-8,10,12,18,22H,9,11,13-14H2,1-2H3. The number of pyridine rings is 1. The molecule has 6 nitrogen and oxygen atoms in total. The van der Waals surface area contributed by atoms with Gasteiger partial charge in [0.2, 0.25) is 0 Å². The third-order valence-electron chi connectivity index (χ3n) is 5.16. The average Bonchev–Trinajstić information content (AvgIpc) is 2.69. The van der Waals surface area contributed by atoms with Crippen LogP contribution in [0.5, 0.6) is 5.75 Å². The summed E-state index contributed by atoms with van der Waals surface area (Å²) in [4.78, 5) is 19.7. The predicted octanol–water partition coefficient (Wildman–Crippen LogP) is 2.16. The van der Waals surface area contributed by atoms with Crippen LogP contribution in [0.15, 0.2) is 53.5 Å². The van der Waals surface area contributed by atoms with Gasteiger partial charge < -0.3 is 10.1 Å². The van der Waals surface area contributed by atoms with E-state index in [4.69, 9.17) is 9.72 Å². The van der Waals surface area contributed by atoms with Crippen molar-refractivity contribution >= 4 is 5.65 Å². The maximum absolute atomic E-state index is 12.5. The number of piperazine rings is 1. The highest BCUT2D eigenvalue weighted by Crippen LogP contribution is 2.30. The fourth-order valence-electron chi connectivity index (χ4n) is 3.78. The van der Waals surface area contributed by atoms with E-state index in [1.807, 2.05) is 37.3 Å². The number of ether oxygens (including phenoxy) is 1. The monoisotopic (exact) mass is 364 g/mol. The molecule has 3 aromatic rings. The van der Waals surface area contributed by atoms with Crippen LogP contribution in [0.1, 0.15) is 22.9 Å². The first kappa shape index (κ1) is 17.7. The van der Waals surface area contributed by atoms with Gasteiger partial charge in [-0.05, 0) is 24.6 Å². The number of rotatable bonds is 4. The van der Waals surface area contributed by atoms with Crippen LogP contribution in [0.25, 0.3) is 5.65 Å². The van der Waals surface area contributed by atoms with Crippen molar-refractivity contribution in [3.63, 3.8) is 0 Å². The molecule has 140 valence electrons. The number of nitrogens with zero attached hydrogens (tertiary/aromatic N) is 3. The second-order valence-electron chi connectivity index (χ2n) is 6.90. The van der Waals surface area contributed by atoms with E-state index in [2.05, 4.69) is 16.3 Å². The van der Waals surface area contributed by atoms with Gasteiger partial charge in [-0.25, -0.2) is 4.98 Å². The van der Waals surface area contributed by atoms with Crippen molar-refractivity contribution in [2.24, 2.45) is 0 Å². The molecule has 2 aromatic heterocycles. The SMILES string of the molecule is COc1ccccc1C1CNCCN1Cc1cc(=O)n2cccc(C)c2n1. The molecule has 1 aliphatic rings. The summed E-state index contributed by atoms with van der Waals surface area (Å²) < 4.78 is 7.17. The molecule has 1 N–H and O–H groups in total. The molecule has 27 heavy (non-hydrogen) atoms. The van der Waals surface area contributed by atoms with Crippen molar-refractivity contribution in [1.29, 1.82) is 0 Å². The van der Waals surface area contributed by atoms with Crippen LogP contribution in [0.3, 0.4) is 0 Å². The molecule has 0 aliphatic carbocycles. The number of hydrogen-bond donors (Lipinski definition) is 1. The first-order chi connectivity index (χ1) is 13.2.